The number of rotatable bonds is 7. The summed E-state index contributed by atoms with van der Waals surface area (Å²) in [7, 11) is 0. The molecule has 0 spiro atoms. The van der Waals surface area contributed by atoms with Crippen molar-refractivity contribution in [2.45, 2.75) is 37.1 Å². The van der Waals surface area contributed by atoms with Gasteiger partial charge in [0.15, 0.2) is 4.34 Å². The van der Waals surface area contributed by atoms with Gasteiger partial charge in [-0.1, -0.05) is 43.4 Å². The van der Waals surface area contributed by atoms with E-state index in [2.05, 4.69) is 29.4 Å². The molecule has 0 saturated carbocycles. The maximum Gasteiger partial charge on any atom is 0.174 e. The van der Waals surface area contributed by atoms with Crippen LogP contribution in [0.1, 0.15) is 26.7 Å². The minimum Gasteiger partial charge on any atom is -0.313 e. The lowest BCUT2D eigenvalue weighted by molar-refractivity contribution is 0.531. The Balaban J connectivity index is 2.25. The van der Waals surface area contributed by atoms with Gasteiger partial charge in [-0.25, -0.2) is 0 Å². The summed E-state index contributed by atoms with van der Waals surface area (Å²) in [5, 5.41) is 11.3. The first-order valence-corrected chi connectivity index (χ1v) is 6.85. The summed E-state index contributed by atoms with van der Waals surface area (Å²) in [5.74, 6) is 1.09. The molecule has 1 aromatic heterocycles. The lowest BCUT2D eigenvalue weighted by atomic mass is 10.2. The molecule has 14 heavy (non-hydrogen) atoms. The molecule has 0 bridgehead atoms. The van der Waals surface area contributed by atoms with Crippen molar-refractivity contribution in [3.05, 3.63) is 5.51 Å². The fraction of sp³-hybridized carbons (Fsp3) is 0.778. The van der Waals surface area contributed by atoms with E-state index in [9.17, 15) is 0 Å². The van der Waals surface area contributed by atoms with Crippen LogP contribution in [0.4, 0.5) is 0 Å². The highest BCUT2D eigenvalue weighted by Gasteiger charge is 2.07. The largest absolute Gasteiger partial charge is 0.313 e. The second-order valence-electron chi connectivity index (χ2n) is 3.06. The lowest BCUT2D eigenvalue weighted by Crippen LogP contribution is -2.30. The smallest absolute Gasteiger partial charge is 0.174 e. The summed E-state index contributed by atoms with van der Waals surface area (Å²) < 4.78 is 1.07. The van der Waals surface area contributed by atoms with E-state index in [-0.39, 0.29) is 0 Å². The topological polar surface area (TPSA) is 37.8 Å². The molecule has 0 aliphatic carbocycles. The highest BCUT2D eigenvalue weighted by Crippen LogP contribution is 2.20. The van der Waals surface area contributed by atoms with E-state index in [1.807, 2.05) is 0 Å². The van der Waals surface area contributed by atoms with Crippen LogP contribution in [0.3, 0.4) is 0 Å². The maximum absolute atomic E-state index is 4.01. The average Bonchev–Trinajstić information content (AvgIpc) is 2.67. The molecule has 1 atom stereocenters. The zero-order valence-electron chi connectivity index (χ0n) is 8.69. The van der Waals surface area contributed by atoms with Crippen molar-refractivity contribution in [3.63, 3.8) is 0 Å². The van der Waals surface area contributed by atoms with Gasteiger partial charge in [-0.15, -0.1) is 10.2 Å². The average molecular weight is 231 g/mol. The molecule has 80 valence electrons. The first-order chi connectivity index (χ1) is 6.86. The monoisotopic (exact) mass is 231 g/mol. The third-order valence-electron chi connectivity index (χ3n) is 1.88. The Morgan fingerprint density at radius 3 is 3.00 bits per heavy atom. The van der Waals surface area contributed by atoms with E-state index in [0.717, 1.165) is 16.6 Å². The van der Waals surface area contributed by atoms with Gasteiger partial charge in [0.1, 0.15) is 5.51 Å². The second kappa shape index (κ2) is 7.20. The molecule has 0 aliphatic heterocycles. The Kier molecular flexibility index (Phi) is 6.14. The summed E-state index contributed by atoms with van der Waals surface area (Å²) in [6.07, 6.45) is 2.47. The van der Waals surface area contributed by atoms with E-state index in [0.29, 0.717) is 6.04 Å². The number of nitrogens with zero attached hydrogens (tertiary/aromatic N) is 2. The van der Waals surface area contributed by atoms with Crippen LogP contribution in [0.5, 0.6) is 0 Å². The molecule has 5 heteroatoms. The van der Waals surface area contributed by atoms with Crippen molar-refractivity contribution >= 4 is 23.1 Å². The van der Waals surface area contributed by atoms with Crippen LogP contribution < -0.4 is 5.32 Å². The molecule has 0 aliphatic rings. The van der Waals surface area contributed by atoms with Gasteiger partial charge in [0.25, 0.3) is 0 Å². The molecule has 0 saturated heterocycles. The molecule has 1 N–H and O–H groups in total. The van der Waals surface area contributed by atoms with Gasteiger partial charge in [0, 0.05) is 11.8 Å². The predicted molar refractivity (Wildman–Crippen MR) is 63.0 cm³/mol. The Morgan fingerprint density at radius 2 is 2.43 bits per heavy atom. The van der Waals surface area contributed by atoms with E-state index < -0.39 is 0 Å². The van der Waals surface area contributed by atoms with Gasteiger partial charge >= 0.3 is 0 Å². The fourth-order valence-electron chi connectivity index (χ4n) is 1.28. The Hall–Kier alpha value is -0.130. The van der Waals surface area contributed by atoms with E-state index >= 15 is 0 Å². The van der Waals surface area contributed by atoms with E-state index in [1.54, 1.807) is 28.6 Å². The molecule has 1 heterocycles. The number of nitrogens with one attached hydrogen (secondary N) is 1. The van der Waals surface area contributed by atoms with Gasteiger partial charge in [-0.05, 0) is 13.0 Å². The van der Waals surface area contributed by atoms with Crippen molar-refractivity contribution in [1.29, 1.82) is 0 Å². The first-order valence-electron chi connectivity index (χ1n) is 4.99. The van der Waals surface area contributed by atoms with Crippen LogP contribution in [0.15, 0.2) is 9.85 Å². The zero-order valence-corrected chi connectivity index (χ0v) is 10.3. The zero-order chi connectivity index (χ0) is 10.2. The van der Waals surface area contributed by atoms with Crippen molar-refractivity contribution in [2.75, 3.05) is 12.3 Å². The molecule has 1 unspecified atom stereocenters. The summed E-state index contributed by atoms with van der Waals surface area (Å²) in [5.41, 5.74) is 1.78. The third-order valence-corrected chi connectivity index (χ3v) is 3.90. The number of thioether (sulfide) groups is 1. The van der Waals surface area contributed by atoms with Crippen molar-refractivity contribution in [3.8, 4) is 0 Å². The van der Waals surface area contributed by atoms with Gasteiger partial charge in [-0.2, -0.15) is 0 Å². The Morgan fingerprint density at radius 1 is 1.57 bits per heavy atom. The summed E-state index contributed by atoms with van der Waals surface area (Å²) in [6.45, 7) is 5.42. The summed E-state index contributed by atoms with van der Waals surface area (Å²) >= 11 is 3.41. The maximum atomic E-state index is 4.01. The number of hydrogen-bond donors (Lipinski definition) is 1. The molecule has 0 radical (unpaired) electrons. The molecular formula is C9H17N3S2. The molecule has 0 fully saturated rings. The van der Waals surface area contributed by atoms with Gasteiger partial charge in [0.05, 0.1) is 0 Å². The minimum absolute atomic E-state index is 0.610. The van der Waals surface area contributed by atoms with Crippen LogP contribution in [-0.4, -0.2) is 28.5 Å². The van der Waals surface area contributed by atoms with Gasteiger partial charge in [-0.3, -0.25) is 0 Å². The van der Waals surface area contributed by atoms with Crippen LogP contribution in [-0.2, 0) is 0 Å². The van der Waals surface area contributed by atoms with Crippen molar-refractivity contribution < 1.29 is 0 Å². The fourth-order valence-corrected chi connectivity index (χ4v) is 2.90. The molecule has 1 aromatic rings. The molecular weight excluding hydrogens is 214 g/mol. The molecule has 3 nitrogen and oxygen atoms in total. The standard InChI is InChI=1S/C9H17N3S2/c1-3-5-8(10-4-2)6-13-9-12-11-7-14-9/h7-8,10H,3-6H2,1-2H3. The van der Waals surface area contributed by atoms with Crippen LogP contribution in [0.2, 0.25) is 0 Å². The van der Waals surface area contributed by atoms with E-state index in [4.69, 9.17) is 0 Å². The quantitative estimate of drug-likeness (QED) is 0.731. The minimum atomic E-state index is 0.610. The number of aromatic nitrogens is 2. The van der Waals surface area contributed by atoms with Crippen LogP contribution in [0.25, 0.3) is 0 Å². The van der Waals surface area contributed by atoms with Gasteiger partial charge < -0.3 is 5.32 Å². The highest BCUT2D eigenvalue weighted by molar-refractivity contribution is 8.01. The third kappa shape index (κ3) is 4.39. The van der Waals surface area contributed by atoms with E-state index in [1.165, 1.54) is 12.8 Å². The van der Waals surface area contributed by atoms with Gasteiger partial charge in [0.2, 0.25) is 0 Å². The summed E-state index contributed by atoms with van der Waals surface area (Å²) in [6, 6.07) is 0.610. The highest BCUT2D eigenvalue weighted by atomic mass is 32.2. The first kappa shape index (κ1) is 11.9. The molecule has 0 aromatic carbocycles. The van der Waals surface area contributed by atoms with Crippen molar-refractivity contribution in [2.24, 2.45) is 0 Å². The lowest BCUT2D eigenvalue weighted by Gasteiger charge is -2.15. The van der Waals surface area contributed by atoms with Crippen molar-refractivity contribution in [1.82, 2.24) is 15.5 Å². The summed E-state index contributed by atoms with van der Waals surface area (Å²) in [4.78, 5) is 0. The Labute approximate surface area is 93.7 Å². The van der Waals surface area contributed by atoms with Crippen LogP contribution in [0, 0.1) is 0 Å². The normalized spacial score (nSPS) is 13.0. The number of hydrogen-bond acceptors (Lipinski definition) is 5. The molecule has 0 amide bonds. The second-order valence-corrected chi connectivity index (χ2v) is 5.16. The predicted octanol–water partition coefficient (Wildman–Crippen LogP) is 2.41. The van der Waals surface area contributed by atoms with Crippen LogP contribution >= 0.6 is 23.1 Å². The SMILES string of the molecule is CCCC(CSc1nncs1)NCC. The molecule has 1 rings (SSSR count). The Bertz CT molecular complexity index is 220.